The topological polar surface area (TPSA) is 84.9 Å². The number of rotatable bonds is 4. The second kappa shape index (κ2) is 7.44. The van der Waals surface area contributed by atoms with Crippen LogP contribution in [0.2, 0.25) is 0 Å². The Morgan fingerprint density at radius 2 is 1.71 bits per heavy atom. The normalized spacial score (nSPS) is 16.8. The maximum absolute atomic E-state index is 12.8. The van der Waals surface area contributed by atoms with E-state index in [9.17, 15) is 13.2 Å². The molecule has 0 saturated carbocycles. The summed E-state index contributed by atoms with van der Waals surface area (Å²) >= 11 is 0. The predicted octanol–water partition coefficient (Wildman–Crippen LogP) is 2.80. The molecule has 2 heterocycles. The van der Waals surface area contributed by atoms with Crippen molar-refractivity contribution < 1.29 is 22.7 Å². The SMILES string of the molecule is Cc1ccc(S(=O)(=O)N2CCCC2)cc1C(=O)Nc1ccc2c(c1)OCCO2. The third-order valence-corrected chi connectivity index (χ3v) is 6.85. The average molecular weight is 402 g/mol. The fourth-order valence-electron chi connectivity index (χ4n) is 3.40. The van der Waals surface area contributed by atoms with Crippen molar-refractivity contribution in [1.29, 1.82) is 0 Å². The minimum Gasteiger partial charge on any atom is -0.486 e. The van der Waals surface area contributed by atoms with E-state index in [0.29, 0.717) is 54.6 Å². The third kappa shape index (κ3) is 3.57. The minimum atomic E-state index is -3.58. The minimum absolute atomic E-state index is 0.146. The van der Waals surface area contributed by atoms with Gasteiger partial charge < -0.3 is 14.8 Å². The largest absolute Gasteiger partial charge is 0.486 e. The molecule has 2 aromatic rings. The van der Waals surface area contributed by atoms with E-state index >= 15 is 0 Å². The summed E-state index contributed by atoms with van der Waals surface area (Å²) in [7, 11) is -3.58. The molecule has 28 heavy (non-hydrogen) atoms. The number of fused-ring (bicyclic) bond motifs is 1. The molecule has 2 aromatic carbocycles. The van der Waals surface area contributed by atoms with Gasteiger partial charge in [-0.2, -0.15) is 4.31 Å². The quantitative estimate of drug-likeness (QED) is 0.850. The predicted molar refractivity (Wildman–Crippen MR) is 105 cm³/mol. The molecule has 0 spiro atoms. The van der Waals surface area contributed by atoms with Crippen LogP contribution in [0.15, 0.2) is 41.3 Å². The first kappa shape index (κ1) is 18.8. The number of hydrogen-bond acceptors (Lipinski definition) is 5. The zero-order valence-corrected chi connectivity index (χ0v) is 16.4. The first-order chi connectivity index (χ1) is 13.4. The fraction of sp³-hybridized carbons (Fsp3) is 0.350. The highest BCUT2D eigenvalue weighted by molar-refractivity contribution is 7.89. The summed E-state index contributed by atoms with van der Waals surface area (Å²) in [6.45, 7) is 3.78. The van der Waals surface area contributed by atoms with Gasteiger partial charge in [-0.15, -0.1) is 0 Å². The standard InChI is InChI=1S/C20H22N2O5S/c1-14-4-6-16(28(24,25)22-8-2-3-9-22)13-17(14)20(23)21-15-5-7-18-19(12-15)27-11-10-26-18/h4-7,12-13H,2-3,8-11H2,1H3,(H,21,23). The van der Waals surface area contributed by atoms with Crippen molar-refractivity contribution in [3.8, 4) is 11.5 Å². The van der Waals surface area contributed by atoms with Crippen LogP contribution in [0.25, 0.3) is 0 Å². The van der Waals surface area contributed by atoms with Crippen molar-refractivity contribution in [2.24, 2.45) is 0 Å². The molecule has 0 radical (unpaired) electrons. The summed E-state index contributed by atoms with van der Waals surface area (Å²) in [5.41, 5.74) is 1.59. The Bertz CT molecular complexity index is 1010. The average Bonchev–Trinajstić information content (AvgIpc) is 3.24. The van der Waals surface area contributed by atoms with E-state index in [1.807, 2.05) is 0 Å². The van der Waals surface area contributed by atoms with Crippen LogP contribution in [-0.2, 0) is 10.0 Å². The number of nitrogens with one attached hydrogen (secondary N) is 1. The molecule has 1 amide bonds. The van der Waals surface area contributed by atoms with Gasteiger partial charge in [0.15, 0.2) is 11.5 Å². The lowest BCUT2D eigenvalue weighted by atomic mass is 10.1. The highest BCUT2D eigenvalue weighted by Gasteiger charge is 2.28. The lowest BCUT2D eigenvalue weighted by Crippen LogP contribution is -2.28. The van der Waals surface area contributed by atoms with Gasteiger partial charge in [0.1, 0.15) is 13.2 Å². The van der Waals surface area contributed by atoms with Gasteiger partial charge in [-0.05, 0) is 49.6 Å². The number of sulfonamides is 1. The van der Waals surface area contributed by atoms with Gasteiger partial charge in [-0.1, -0.05) is 6.07 Å². The smallest absolute Gasteiger partial charge is 0.255 e. The molecule has 1 saturated heterocycles. The van der Waals surface area contributed by atoms with E-state index in [1.54, 1.807) is 37.3 Å². The first-order valence-corrected chi connectivity index (χ1v) is 10.7. The van der Waals surface area contributed by atoms with Crippen molar-refractivity contribution >= 4 is 21.6 Å². The van der Waals surface area contributed by atoms with Gasteiger partial charge in [0.25, 0.3) is 5.91 Å². The molecule has 0 unspecified atom stereocenters. The van der Waals surface area contributed by atoms with E-state index in [4.69, 9.17) is 9.47 Å². The van der Waals surface area contributed by atoms with Crippen LogP contribution in [-0.4, -0.2) is 44.9 Å². The molecule has 1 fully saturated rings. The van der Waals surface area contributed by atoms with Crippen LogP contribution in [0.4, 0.5) is 5.69 Å². The van der Waals surface area contributed by atoms with Crippen molar-refractivity contribution in [3.05, 3.63) is 47.5 Å². The lowest BCUT2D eigenvalue weighted by molar-refractivity contribution is 0.102. The number of anilines is 1. The van der Waals surface area contributed by atoms with Crippen molar-refractivity contribution in [2.75, 3.05) is 31.6 Å². The van der Waals surface area contributed by atoms with Gasteiger partial charge in [0.2, 0.25) is 10.0 Å². The van der Waals surface area contributed by atoms with Gasteiger partial charge in [-0.3, -0.25) is 4.79 Å². The van der Waals surface area contributed by atoms with E-state index < -0.39 is 10.0 Å². The Hall–Kier alpha value is -2.58. The molecule has 4 rings (SSSR count). The zero-order valence-electron chi connectivity index (χ0n) is 15.6. The Kier molecular flexibility index (Phi) is 4.99. The van der Waals surface area contributed by atoms with Crippen LogP contribution in [0.5, 0.6) is 11.5 Å². The molecule has 0 aromatic heterocycles. The molecule has 0 atom stereocenters. The second-order valence-electron chi connectivity index (χ2n) is 6.90. The highest BCUT2D eigenvalue weighted by atomic mass is 32.2. The summed E-state index contributed by atoms with van der Waals surface area (Å²) in [6.07, 6.45) is 1.73. The van der Waals surface area contributed by atoms with Crippen molar-refractivity contribution in [1.82, 2.24) is 4.31 Å². The molecule has 2 aliphatic rings. The molecule has 7 nitrogen and oxygen atoms in total. The maximum atomic E-state index is 12.8. The molecular weight excluding hydrogens is 380 g/mol. The van der Waals surface area contributed by atoms with Crippen LogP contribution in [0.3, 0.4) is 0 Å². The third-order valence-electron chi connectivity index (χ3n) is 4.96. The van der Waals surface area contributed by atoms with E-state index in [-0.39, 0.29) is 10.8 Å². The summed E-state index contributed by atoms with van der Waals surface area (Å²) in [5.74, 6) is 0.845. The van der Waals surface area contributed by atoms with Crippen LogP contribution in [0.1, 0.15) is 28.8 Å². The Morgan fingerprint density at radius 1 is 1.00 bits per heavy atom. The number of ether oxygens (including phenoxy) is 2. The number of aryl methyl sites for hydroxylation is 1. The summed E-state index contributed by atoms with van der Waals surface area (Å²) in [5, 5.41) is 2.81. The van der Waals surface area contributed by atoms with Gasteiger partial charge in [0.05, 0.1) is 4.90 Å². The molecule has 8 heteroatoms. The van der Waals surface area contributed by atoms with E-state index in [1.165, 1.54) is 10.4 Å². The number of nitrogens with zero attached hydrogens (tertiary/aromatic N) is 1. The van der Waals surface area contributed by atoms with Gasteiger partial charge >= 0.3 is 0 Å². The van der Waals surface area contributed by atoms with Crippen molar-refractivity contribution in [2.45, 2.75) is 24.7 Å². The Balaban J connectivity index is 1.59. The number of carbonyl (C=O) groups is 1. The monoisotopic (exact) mass is 402 g/mol. The fourth-order valence-corrected chi connectivity index (χ4v) is 4.95. The number of hydrogen-bond donors (Lipinski definition) is 1. The summed E-state index contributed by atoms with van der Waals surface area (Å²) in [6, 6.07) is 9.85. The van der Waals surface area contributed by atoms with Gasteiger partial charge in [-0.25, -0.2) is 8.42 Å². The van der Waals surface area contributed by atoms with Gasteiger partial charge in [0, 0.05) is 30.4 Å². The van der Waals surface area contributed by atoms with Crippen LogP contribution >= 0.6 is 0 Å². The summed E-state index contributed by atoms with van der Waals surface area (Å²) < 4.78 is 38.1. The molecule has 0 aliphatic carbocycles. The molecule has 148 valence electrons. The Labute approximate surface area is 164 Å². The van der Waals surface area contributed by atoms with E-state index in [2.05, 4.69) is 5.32 Å². The Morgan fingerprint density at radius 3 is 2.46 bits per heavy atom. The molecule has 2 aliphatic heterocycles. The summed E-state index contributed by atoms with van der Waals surface area (Å²) in [4.78, 5) is 13.0. The molecule has 1 N–H and O–H groups in total. The zero-order chi connectivity index (χ0) is 19.7. The maximum Gasteiger partial charge on any atom is 0.255 e. The molecular formula is C20H22N2O5S. The van der Waals surface area contributed by atoms with Crippen molar-refractivity contribution in [3.63, 3.8) is 0 Å². The number of amides is 1. The van der Waals surface area contributed by atoms with Crippen LogP contribution in [0, 0.1) is 6.92 Å². The first-order valence-electron chi connectivity index (χ1n) is 9.27. The van der Waals surface area contributed by atoms with E-state index in [0.717, 1.165) is 12.8 Å². The number of carbonyl (C=O) groups excluding carboxylic acids is 1. The second-order valence-corrected chi connectivity index (χ2v) is 8.84. The molecule has 0 bridgehead atoms. The highest BCUT2D eigenvalue weighted by Crippen LogP contribution is 2.33. The van der Waals surface area contributed by atoms with Crippen LogP contribution < -0.4 is 14.8 Å². The lowest BCUT2D eigenvalue weighted by Gasteiger charge is -2.19. The number of benzene rings is 2.